The van der Waals surface area contributed by atoms with Crippen molar-refractivity contribution in [3.8, 4) is 5.75 Å². The minimum atomic E-state index is -0.985. The highest BCUT2D eigenvalue weighted by Crippen LogP contribution is 2.14. The van der Waals surface area contributed by atoms with E-state index in [2.05, 4.69) is 4.98 Å². The molecule has 1 aromatic carbocycles. The van der Waals surface area contributed by atoms with Gasteiger partial charge in [0.15, 0.2) is 0 Å². The number of pyridine rings is 1. The van der Waals surface area contributed by atoms with E-state index in [1.165, 1.54) is 17.8 Å². The number of benzene rings is 1. The van der Waals surface area contributed by atoms with Crippen LogP contribution < -0.4 is 4.74 Å². The average Bonchev–Trinajstić information content (AvgIpc) is 2.52. The summed E-state index contributed by atoms with van der Waals surface area (Å²) in [5, 5.41) is 8.79. The molecule has 0 spiro atoms. The first-order valence-electron chi connectivity index (χ1n) is 6.58. The summed E-state index contributed by atoms with van der Waals surface area (Å²) in [5.41, 5.74) is 2.04. The number of ether oxygens (including phenoxy) is 2. The van der Waals surface area contributed by atoms with Crippen LogP contribution in [-0.2, 0) is 17.8 Å². The van der Waals surface area contributed by atoms with Crippen molar-refractivity contribution in [3.05, 3.63) is 59.4 Å². The maximum absolute atomic E-state index is 10.7. The zero-order valence-electron chi connectivity index (χ0n) is 11.8. The fraction of sp³-hybridized carbons (Fsp3) is 0.250. The Balaban J connectivity index is 1.88. The Labute approximate surface area is 123 Å². The molecule has 1 heterocycles. The van der Waals surface area contributed by atoms with Crippen molar-refractivity contribution in [1.29, 1.82) is 0 Å². The van der Waals surface area contributed by atoms with Crippen LogP contribution in [0.4, 0.5) is 0 Å². The quantitative estimate of drug-likeness (QED) is 0.847. The highest BCUT2D eigenvalue weighted by atomic mass is 16.5. The summed E-state index contributed by atoms with van der Waals surface area (Å²) >= 11 is 0. The number of carboxylic acids is 1. The van der Waals surface area contributed by atoms with Crippen LogP contribution in [0.5, 0.6) is 5.75 Å². The van der Waals surface area contributed by atoms with Crippen molar-refractivity contribution in [2.24, 2.45) is 0 Å². The molecule has 2 aromatic rings. The first kappa shape index (κ1) is 15.0. The van der Waals surface area contributed by atoms with Crippen LogP contribution in [0.25, 0.3) is 0 Å². The Morgan fingerprint density at radius 2 is 1.95 bits per heavy atom. The third-order valence-electron chi connectivity index (χ3n) is 2.98. The van der Waals surface area contributed by atoms with Crippen LogP contribution in [0.3, 0.4) is 0 Å². The van der Waals surface area contributed by atoms with Gasteiger partial charge in [-0.15, -0.1) is 0 Å². The van der Waals surface area contributed by atoms with Gasteiger partial charge in [0, 0.05) is 13.3 Å². The van der Waals surface area contributed by atoms with Crippen LogP contribution in [0.2, 0.25) is 0 Å². The summed E-state index contributed by atoms with van der Waals surface area (Å²) in [4.78, 5) is 14.8. The van der Waals surface area contributed by atoms with E-state index >= 15 is 0 Å². The second-order valence-electron chi connectivity index (χ2n) is 4.52. The summed E-state index contributed by atoms with van der Waals surface area (Å²) in [5.74, 6) is -0.234. The Morgan fingerprint density at radius 1 is 1.19 bits per heavy atom. The molecule has 0 aliphatic rings. The van der Waals surface area contributed by atoms with Crippen LogP contribution >= 0.6 is 0 Å². The topological polar surface area (TPSA) is 68.7 Å². The number of hydrogen-bond donors (Lipinski definition) is 1. The van der Waals surface area contributed by atoms with Crippen molar-refractivity contribution in [2.75, 3.05) is 13.7 Å². The van der Waals surface area contributed by atoms with E-state index in [0.29, 0.717) is 18.9 Å². The standard InChI is InChI=1S/C16H17NO4/c1-20-9-8-12-2-6-15(7-3-12)21-11-14-5-4-13(10-17-14)16(18)19/h2-7,10H,8-9,11H2,1H3,(H,18,19). The van der Waals surface area contributed by atoms with Crippen LogP contribution in [0.15, 0.2) is 42.6 Å². The molecule has 0 atom stereocenters. The van der Waals surface area contributed by atoms with E-state index in [-0.39, 0.29) is 5.56 Å². The SMILES string of the molecule is COCCc1ccc(OCc2ccc(C(=O)O)cn2)cc1. The van der Waals surface area contributed by atoms with Gasteiger partial charge in [0.25, 0.3) is 0 Å². The Morgan fingerprint density at radius 3 is 2.52 bits per heavy atom. The first-order valence-corrected chi connectivity index (χ1v) is 6.58. The lowest BCUT2D eigenvalue weighted by atomic mass is 10.1. The molecule has 0 radical (unpaired) electrons. The number of carbonyl (C=O) groups is 1. The lowest BCUT2D eigenvalue weighted by Gasteiger charge is -2.07. The van der Waals surface area contributed by atoms with Gasteiger partial charge in [-0.2, -0.15) is 0 Å². The molecular weight excluding hydrogens is 270 g/mol. The van der Waals surface area contributed by atoms with Crippen molar-refractivity contribution in [3.63, 3.8) is 0 Å². The van der Waals surface area contributed by atoms with Gasteiger partial charge in [-0.3, -0.25) is 4.98 Å². The van der Waals surface area contributed by atoms with Crippen LogP contribution in [0, 0.1) is 0 Å². The predicted octanol–water partition coefficient (Wildman–Crippen LogP) is 2.55. The third-order valence-corrected chi connectivity index (χ3v) is 2.98. The fourth-order valence-corrected chi connectivity index (χ4v) is 1.77. The molecule has 0 aliphatic carbocycles. The van der Waals surface area contributed by atoms with E-state index in [4.69, 9.17) is 14.6 Å². The number of hydrogen-bond acceptors (Lipinski definition) is 4. The Bertz CT molecular complexity index is 578. The van der Waals surface area contributed by atoms with Crippen molar-refractivity contribution < 1.29 is 19.4 Å². The van der Waals surface area contributed by atoms with Gasteiger partial charge < -0.3 is 14.6 Å². The maximum Gasteiger partial charge on any atom is 0.337 e. The minimum Gasteiger partial charge on any atom is -0.487 e. The molecule has 0 saturated heterocycles. The van der Waals surface area contributed by atoms with E-state index < -0.39 is 5.97 Å². The second-order valence-corrected chi connectivity index (χ2v) is 4.52. The van der Waals surface area contributed by atoms with Gasteiger partial charge in [-0.05, 0) is 36.2 Å². The molecule has 1 N–H and O–H groups in total. The monoisotopic (exact) mass is 287 g/mol. The molecule has 0 aliphatic heterocycles. The lowest BCUT2D eigenvalue weighted by Crippen LogP contribution is -2.02. The number of nitrogens with zero attached hydrogens (tertiary/aromatic N) is 1. The molecular formula is C16H17NO4. The normalized spacial score (nSPS) is 10.3. The number of aromatic nitrogens is 1. The second kappa shape index (κ2) is 7.40. The van der Waals surface area contributed by atoms with E-state index in [9.17, 15) is 4.79 Å². The van der Waals surface area contributed by atoms with E-state index in [0.717, 1.165) is 12.2 Å². The smallest absolute Gasteiger partial charge is 0.337 e. The molecule has 2 rings (SSSR count). The number of rotatable bonds is 7. The summed E-state index contributed by atoms with van der Waals surface area (Å²) in [7, 11) is 1.68. The van der Waals surface area contributed by atoms with Crippen molar-refractivity contribution >= 4 is 5.97 Å². The molecule has 1 aromatic heterocycles. The Hall–Kier alpha value is -2.40. The predicted molar refractivity (Wildman–Crippen MR) is 77.6 cm³/mol. The van der Waals surface area contributed by atoms with Crippen LogP contribution in [0.1, 0.15) is 21.6 Å². The minimum absolute atomic E-state index is 0.168. The zero-order chi connectivity index (χ0) is 15.1. The molecule has 5 heteroatoms. The zero-order valence-corrected chi connectivity index (χ0v) is 11.8. The first-order chi connectivity index (χ1) is 10.2. The fourth-order valence-electron chi connectivity index (χ4n) is 1.77. The van der Waals surface area contributed by atoms with Gasteiger partial charge in [0.05, 0.1) is 17.9 Å². The molecule has 5 nitrogen and oxygen atoms in total. The maximum atomic E-state index is 10.7. The highest BCUT2D eigenvalue weighted by Gasteiger charge is 2.03. The summed E-state index contributed by atoms with van der Waals surface area (Å²) in [6.07, 6.45) is 2.20. The van der Waals surface area contributed by atoms with E-state index in [1.54, 1.807) is 13.2 Å². The molecule has 0 fully saturated rings. The van der Waals surface area contributed by atoms with Gasteiger partial charge in [-0.1, -0.05) is 12.1 Å². The molecule has 110 valence electrons. The number of carboxylic acid groups (broad SMARTS) is 1. The molecule has 0 bridgehead atoms. The van der Waals surface area contributed by atoms with Crippen LogP contribution in [-0.4, -0.2) is 29.8 Å². The molecule has 0 unspecified atom stereocenters. The summed E-state index contributed by atoms with van der Waals surface area (Å²) in [6, 6.07) is 11.0. The molecule has 0 saturated carbocycles. The van der Waals surface area contributed by atoms with Gasteiger partial charge >= 0.3 is 5.97 Å². The number of methoxy groups -OCH3 is 1. The highest BCUT2D eigenvalue weighted by molar-refractivity contribution is 5.87. The van der Waals surface area contributed by atoms with Crippen molar-refractivity contribution in [1.82, 2.24) is 4.98 Å². The lowest BCUT2D eigenvalue weighted by molar-refractivity contribution is 0.0696. The Kier molecular flexibility index (Phi) is 5.29. The average molecular weight is 287 g/mol. The van der Waals surface area contributed by atoms with Crippen molar-refractivity contribution in [2.45, 2.75) is 13.0 Å². The third kappa shape index (κ3) is 4.57. The molecule has 21 heavy (non-hydrogen) atoms. The molecule has 0 amide bonds. The van der Waals surface area contributed by atoms with E-state index in [1.807, 2.05) is 24.3 Å². The number of aromatic carboxylic acids is 1. The van der Waals surface area contributed by atoms with Gasteiger partial charge in [-0.25, -0.2) is 4.79 Å². The summed E-state index contributed by atoms with van der Waals surface area (Å²) in [6.45, 7) is 0.997. The van der Waals surface area contributed by atoms with Gasteiger partial charge in [0.1, 0.15) is 12.4 Å². The summed E-state index contributed by atoms with van der Waals surface area (Å²) < 4.78 is 10.6. The largest absolute Gasteiger partial charge is 0.487 e. The van der Waals surface area contributed by atoms with Gasteiger partial charge in [0.2, 0.25) is 0 Å².